The van der Waals surface area contributed by atoms with E-state index in [-0.39, 0.29) is 17.4 Å². The van der Waals surface area contributed by atoms with E-state index in [4.69, 9.17) is 4.42 Å². The van der Waals surface area contributed by atoms with Crippen LogP contribution in [0.15, 0.2) is 34.9 Å². The zero-order chi connectivity index (χ0) is 14.1. The van der Waals surface area contributed by atoms with Crippen LogP contribution >= 0.6 is 0 Å². The van der Waals surface area contributed by atoms with Crippen LogP contribution in [0.25, 0.3) is 0 Å². The monoisotopic (exact) mass is 276 g/mol. The van der Waals surface area contributed by atoms with Gasteiger partial charge in [0.25, 0.3) is 5.69 Å². The number of anilines is 1. The first-order valence-electron chi connectivity index (χ1n) is 6.42. The number of non-ortho nitro benzene ring substituents is 1. The van der Waals surface area contributed by atoms with E-state index in [9.17, 15) is 14.5 Å². The second-order valence-electron chi connectivity index (χ2n) is 4.81. The number of nitro groups is 1. The molecule has 1 N–H and O–H groups in total. The van der Waals surface area contributed by atoms with Crippen LogP contribution in [0, 0.1) is 15.9 Å². The highest BCUT2D eigenvalue weighted by atomic mass is 19.1. The predicted octanol–water partition coefficient (Wildman–Crippen LogP) is 3.82. The molecular formula is C14H13FN2O3. The Hall–Kier alpha value is -2.37. The summed E-state index contributed by atoms with van der Waals surface area (Å²) in [6.07, 6.45) is 4.37. The summed E-state index contributed by atoms with van der Waals surface area (Å²) in [4.78, 5) is 9.98. The number of benzene rings is 1. The fraction of sp³-hybridized carbons (Fsp3) is 0.286. The molecule has 1 atom stereocenters. The first-order chi connectivity index (χ1) is 9.65. The van der Waals surface area contributed by atoms with Gasteiger partial charge >= 0.3 is 0 Å². The Balaban J connectivity index is 1.84. The highest BCUT2D eigenvalue weighted by molar-refractivity contribution is 5.52. The third-order valence-electron chi connectivity index (χ3n) is 3.55. The van der Waals surface area contributed by atoms with E-state index in [0.29, 0.717) is 0 Å². The average molecular weight is 276 g/mol. The molecule has 1 unspecified atom stereocenters. The molecule has 1 aliphatic rings. The number of rotatable bonds is 3. The molecule has 0 saturated carbocycles. The van der Waals surface area contributed by atoms with Crippen LogP contribution in [0.3, 0.4) is 0 Å². The molecule has 0 amide bonds. The van der Waals surface area contributed by atoms with Crippen LogP contribution in [0.5, 0.6) is 0 Å². The summed E-state index contributed by atoms with van der Waals surface area (Å²) in [6, 6.07) is 5.50. The van der Waals surface area contributed by atoms with Gasteiger partial charge in [0.2, 0.25) is 0 Å². The van der Waals surface area contributed by atoms with E-state index < -0.39 is 10.7 Å². The van der Waals surface area contributed by atoms with Gasteiger partial charge in [0.15, 0.2) is 5.82 Å². The molecule has 2 aromatic rings. The Morgan fingerprint density at radius 2 is 2.25 bits per heavy atom. The van der Waals surface area contributed by atoms with Crippen molar-refractivity contribution in [2.75, 3.05) is 5.32 Å². The molecule has 0 bridgehead atoms. The second kappa shape index (κ2) is 4.96. The Morgan fingerprint density at radius 3 is 3.00 bits per heavy atom. The highest BCUT2D eigenvalue weighted by Gasteiger charge is 2.23. The third-order valence-corrected chi connectivity index (χ3v) is 3.55. The van der Waals surface area contributed by atoms with Gasteiger partial charge in [0.05, 0.1) is 29.0 Å². The van der Waals surface area contributed by atoms with Crippen molar-refractivity contribution in [1.82, 2.24) is 0 Å². The summed E-state index contributed by atoms with van der Waals surface area (Å²) in [5.74, 6) is 0.311. The number of nitrogens with zero attached hydrogens (tertiary/aromatic N) is 1. The normalized spacial score (nSPS) is 17.6. The summed E-state index contributed by atoms with van der Waals surface area (Å²) in [5.41, 5.74) is 1.06. The number of fused-ring (bicyclic) bond motifs is 1. The summed E-state index contributed by atoms with van der Waals surface area (Å²) < 4.78 is 19.3. The van der Waals surface area contributed by atoms with Gasteiger partial charge in [-0.15, -0.1) is 0 Å². The number of nitrogens with one attached hydrogen (secondary N) is 1. The lowest BCUT2D eigenvalue weighted by Gasteiger charge is -2.23. The van der Waals surface area contributed by atoms with E-state index in [0.717, 1.165) is 36.7 Å². The van der Waals surface area contributed by atoms with Crippen molar-refractivity contribution in [3.63, 3.8) is 0 Å². The Morgan fingerprint density at radius 1 is 1.40 bits per heavy atom. The lowest BCUT2D eigenvalue weighted by molar-refractivity contribution is -0.385. The van der Waals surface area contributed by atoms with Crippen molar-refractivity contribution >= 4 is 11.4 Å². The molecule has 20 heavy (non-hydrogen) atoms. The van der Waals surface area contributed by atoms with E-state index in [1.165, 1.54) is 12.1 Å². The number of nitro benzene ring substituents is 1. The van der Waals surface area contributed by atoms with Crippen molar-refractivity contribution in [1.29, 1.82) is 0 Å². The van der Waals surface area contributed by atoms with Crippen LogP contribution < -0.4 is 5.32 Å². The van der Waals surface area contributed by atoms with E-state index >= 15 is 0 Å². The van der Waals surface area contributed by atoms with Gasteiger partial charge in [-0.25, -0.2) is 4.39 Å². The van der Waals surface area contributed by atoms with Gasteiger partial charge in [-0.05, 0) is 25.0 Å². The van der Waals surface area contributed by atoms with Gasteiger partial charge in [-0.3, -0.25) is 10.1 Å². The van der Waals surface area contributed by atoms with Crippen LogP contribution in [0.4, 0.5) is 15.8 Å². The number of hydrogen-bond donors (Lipinski definition) is 1. The molecule has 6 heteroatoms. The molecule has 1 heterocycles. The summed E-state index contributed by atoms with van der Waals surface area (Å²) in [6.45, 7) is 0. The van der Waals surface area contributed by atoms with Crippen molar-refractivity contribution in [2.24, 2.45) is 0 Å². The van der Waals surface area contributed by atoms with Crippen molar-refractivity contribution in [3.8, 4) is 0 Å². The van der Waals surface area contributed by atoms with Gasteiger partial charge in [-0.1, -0.05) is 0 Å². The highest BCUT2D eigenvalue weighted by Crippen LogP contribution is 2.34. The molecule has 0 aliphatic heterocycles. The van der Waals surface area contributed by atoms with E-state index in [1.807, 2.05) is 6.07 Å². The fourth-order valence-corrected chi connectivity index (χ4v) is 2.56. The molecule has 0 fully saturated rings. The predicted molar refractivity (Wildman–Crippen MR) is 71.1 cm³/mol. The fourth-order valence-electron chi connectivity index (χ4n) is 2.56. The third kappa shape index (κ3) is 2.24. The van der Waals surface area contributed by atoms with Gasteiger partial charge < -0.3 is 9.73 Å². The maximum Gasteiger partial charge on any atom is 0.272 e. The van der Waals surface area contributed by atoms with Crippen molar-refractivity contribution < 1.29 is 13.7 Å². The van der Waals surface area contributed by atoms with Gasteiger partial charge in [0.1, 0.15) is 5.76 Å². The number of aryl methyl sites for hydroxylation is 1. The Kier molecular flexibility index (Phi) is 3.14. The lowest BCUT2D eigenvalue weighted by atomic mass is 9.93. The number of halogens is 1. The molecule has 1 aliphatic carbocycles. The van der Waals surface area contributed by atoms with Crippen LogP contribution in [0.2, 0.25) is 0 Å². The van der Waals surface area contributed by atoms with E-state index in [1.54, 1.807) is 6.26 Å². The average Bonchev–Trinajstić information content (AvgIpc) is 2.90. The van der Waals surface area contributed by atoms with Crippen LogP contribution in [-0.2, 0) is 6.42 Å². The van der Waals surface area contributed by atoms with Crippen LogP contribution in [0.1, 0.15) is 30.2 Å². The van der Waals surface area contributed by atoms with Crippen molar-refractivity contribution in [3.05, 3.63) is 57.8 Å². The Bertz CT molecular complexity index is 654. The molecule has 0 saturated heterocycles. The molecule has 3 rings (SSSR count). The smallest absolute Gasteiger partial charge is 0.272 e. The number of hydrogen-bond acceptors (Lipinski definition) is 4. The summed E-state index contributed by atoms with van der Waals surface area (Å²) in [7, 11) is 0. The minimum absolute atomic E-state index is 0.0199. The van der Waals surface area contributed by atoms with Crippen molar-refractivity contribution in [2.45, 2.75) is 25.3 Å². The van der Waals surface area contributed by atoms with E-state index in [2.05, 4.69) is 5.32 Å². The largest absolute Gasteiger partial charge is 0.469 e. The van der Waals surface area contributed by atoms with Gasteiger partial charge in [0, 0.05) is 18.1 Å². The lowest BCUT2D eigenvalue weighted by Crippen LogP contribution is -2.16. The molecule has 104 valence electrons. The minimum atomic E-state index is -0.616. The topological polar surface area (TPSA) is 68.3 Å². The zero-order valence-electron chi connectivity index (χ0n) is 10.6. The summed E-state index contributed by atoms with van der Waals surface area (Å²) >= 11 is 0. The molecule has 0 radical (unpaired) electrons. The first kappa shape index (κ1) is 12.7. The quantitative estimate of drug-likeness (QED) is 0.683. The molecule has 5 nitrogen and oxygen atoms in total. The number of furan rings is 1. The standard InChI is InChI=1S/C14H13FN2O3/c15-11-8-9(17(18)19)4-5-13(11)16-12-2-1-3-14-10(12)6-7-20-14/h4-8,12,16H,1-3H2. The Labute approximate surface area is 114 Å². The second-order valence-corrected chi connectivity index (χ2v) is 4.81. The first-order valence-corrected chi connectivity index (χ1v) is 6.42. The molecule has 1 aromatic heterocycles. The van der Waals surface area contributed by atoms with Gasteiger partial charge in [-0.2, -0.15) is 0 Å². The zero-order valence-corrected chi connectivity index (χ0v) is 10.6. The molecule has 0 spiro atoms. The molecular weight excluding hydrogens is 263 g/mol. The molecule has 1 aromatic carbocycles. The maximum absolute atomic E-state index is 13.9. The van der Waals surface area contributed by atoms with Crippen LogP contribution in [-0.4, -0.2) is 4.92 Å². The SMILES string of the molecule is O=[N+]([O-])c1ccc(NC2CCCc3occc32)c(F)c1. The maximum atomic E-state index is 13.9. The summed E-state index contributed by atoms with van der Waals surface area (Å²) in [5, 5.41) is 13.7. The minimum Gasteiger partial charge on any atom is -0.469 e.